The Labute approximate surface area is 162 Å². The number of carbonyl (C=O) groups excluding carboxylic acids is 1. The van der Waals surface area contributed by atoms with Crippen LogP contribution in [0.3, 0.4) is 0 Å². The molecule has 1 aromatic rings. The van der Waals surface area contributed by atoms with Gasteiger partial charge in [0.05, 0.1) is 19.8 Å². The van der Waals surface area contributed by atoms with E-state index in [1.807, 2.05) is 24.3 Å². The average molecular weight is 376 g/mol. The van der Waals surface area contributed by atoms with Gasteiger partial charge in [-0.2, -0.15) is 0 Å². The van der Waals surface area contributed by atoms with Crippen LogP contribution in [0.2, 0.25) is 0 Å². The number of morpholine rings is 1. The Hall–Kier alpha value is -2.12. The molecule has 1 fully saturated rings. The molecule has 0 spiro atoms. The zero-order valence-corrected chi connectivity index (χ0v) is 16.8. The number of nitrogens with zero attached hydrogens (tertiary/aromatic N) is 2. The highest BCUT2D eigenvalue weighted by Crippen LogP contribution is 2.06. The van der Waals surface area contributed by atoms with Crippen molar-refractivity contribution in [1.82, 2.24) is 20.9 Å². The Morgan fingerprint density at radius 3 is 2.78 bits per heavy atom. The van der Waals surface area contributed by atoms with Gasteiger partial charge in [-0.15, -0.1) is 0 Å². The average Bonchev–Trinajstić information content (AvgIpc) is 2.72. The first-order valence-corrected chi connectivity index (χ1v) is 9.79. The van der Waals surface area contributed by atoms with Crippen molar-refractivity contribution in [2.45, 2.75) is 26.3 Å². The molecule has 1 unspecified atom stereocenters. The van der Waals surface area contributed by atoms with Gasteiger partial charge in [0.25, 0.3) is 5.91 Å². The number of rotatable bonds is 8. The van der Waals surface area contributed by atoms with E-state index in [0.29, 0.717) is 11.6 Å². The topological polar surface area (TPSA) is 78.0 Å². The molecule has 1 amide bonds. The molecule has 27 heavy (non-hydrogen) atoms. The number of carbonyl (C=O) groups is 1. The van der Waals surface area contributed by atoms with Crippen molar-refractivity contribution in [2.24, 2.45) is 4.99 Å². The van der Waals surface area contributed by atoms with Gasteiger partial charge in [0.1, 0.15) is 0 Å². The van der Waals surface area contributed by atoms with Crippen molar-refractivity contribution >= 4 is 11.9 Å². The van der Waals surface area contributed by atoms with Crippen LogP contribution in [0.25, 0.3) is 0 Å². The molecule has 0 aliphatic carbocycles. The summed E-state index contributed by atoms with van der Waals surface area (Å²) >= 11 is 0. The highest BCUT2D eigenvalue weighted by atomic mass is 16.5. The van der Waals surface area contributed by atoms with E-state index in [-0.39, 0.29) is 5.91 Å². The Morgan fingerprint density at radius 2 is 2.07 bits per heavy atom. The van der Waals surface area contributed by atoms with Gasteiger partial charge in [-0.3, -0.25) is 14.7 Å². The predicted octanol–water partition coefficient (Wildman–Crippen LogP) is 0.865. The minimum absolute atomic E-state index is 0.0585. The molecule has 2 rings (SSSR count). The summed E-state index contributed by atoms with van der Waals surface area (Å²) in [5, 5.41) is 9.34. The van der Waals surface area contributed by atoms with Crippen molar-refractivity contribution in [1.29, 1.82) is 0 Å². The minimum atomic E-state index is -0.0585. The molecular weight excluding hydrogens is 342 g/mol. The molecule has 3 N–H and O–H groups in total. The normalized spacial score (nSPS) is 16.6. The van der Waals surface area contributed by atoms with Gasteiger partial charge in [-0.25, -0.2) is 0 Å². The van der Waals surface area contributed by atoms with E-state index in [1.54, 1.807) is 7.05 Å². The molecule has 0 bridgehead atoms. The number of ether oxygens (including phenoxy) is 1. The van der Waals surface area contributed by atoms with Crippen molar-refractivity contribution < 1.29 is 9.53 Å². The smallest absolute Gasteiger partial charge is 0.251 e. The molecule has 0 aromatic heterocycles. The summed E-state index contributed by atoms with van der Waals surface area (Å²) in [6, 6.07) is 8.12. The van der Waals surface area contributed by atoms with Crippen LogP contribution in [-0.2, 0) is 11.2 Å². The number of nitrogens with one attached hydrogen (secondary N) is 3. The second-order valence-electron chi connectivity index (χ2n) is 6.67. The van der Waals surface area contributed by atoms with Gasteiger partial charge in [-0.05, 0) is 38.0 Å². The molecular formula is C20H33N5O2. The van der Waals surface area contributed by atoms with Crippen LogP contribution in [0.4, 0.5) is 0 Å². The summed E-state index contributed by atoms with van der Waals surface area (Å²) in [7, 11) is 1.65. The minimum Gasteiger partial charge on any atom is -0.379 e. The first kappa shape index (κ1) is 21.2. The summed E-state index contributed by atoms with van der Waals surface area (Å²) in [4.78, 5) is 18.9. The fourth-order valence-electron chi connectivity index (χ4n) is 3.04. The van der Waals surface area contributed by atoms with Crippen molar-refractivity contribution in [3.05, 3.63) is 35.4 Å². The molecule has 1 aliphatic rings. The Kier molecular flexibility index (Phi) is 9.07. The standard InChI is InChI=1S/C20H33N5O2/c1-4-22-20(24-15-16(2)25-10-12-27-13-11-25)23-9-8-17-6-5-7-18(14-17)19(26)21-3/h5-7,14,16H,4,8-13,15H2,1-3H3,(H,21,26)(H2,22,23,24). The van der Waals surface area contributed by atoms with E-state index < -0.39 is 0 Å². The third-order valence-corrected chi connectivity index (χ3v) is 4.65. The number of hydrogen-bond acceptors (Lipinski definition) is 4. The Balaban J connectivity index is 1.83. The lowest BCUT2D eigenvalue weighted by Gasteiger charge is -2.31. The first-order chi connectivity index (χ1) is 13.1. The van der Waals surface area contributed by atoms with Crippen LogP contribution in [-0.4, -0.2) is 75.8 Å². The summed E-state index contributed by atoms with van der Waals surface area (Å²) < 4.78 is 5.41. The molecule has 1 saturated heterocycles. The summed E-state index contributed by atoms with van der Waals surface area (Å²) in [5.41, 5.74) is 1.82. The van der Waals surface area contributed by atoms with E-state index >= 15 is 0 Å². The van der Waals surface area contributed by atoms with E-state index in [4.69, 9.17) is 9.73 Å². The zero-order valence-electron chi connectivity index (χ0n) is 16.8. The van der Waals surface area contributed by atoms with E-state index in [1.165, 1.54) is 0 Å². The number of guanidine groups is 1. The third-order valence-electron chi connectivity index (χ3n) is 4.65. The fraction of sp³-hybridized carbons (Fsp3) is 0.600. The van der Waals surface area contributed by atoms with Crippen LogP contribution in [0.5, 0.6) is 0 Å². The maximum atomic E-state index is 11.7. The summed E-state index contributed by atoms with van der Waals surface area (Å²) in [6.45, 7) is 10.2. The van der Waals surface area contributed by atoms with Gasteiger partial charge in [0.15, 0.2) is 5.96 Å². The lowest BCUT2D eigenvalue weighted by molar-refractivity contribution is 0.0220. The maximum absolute atomic E-state index is 11.7. The van der Waals surface area contributed by atoms with Gasteiger partial charge in [0, 0.05) is 44.8 Å². The van der Waals surface area contributed by atoms with E-state index in [9.17, 15) is 4.79 Å². The van der Waals surface area contributed by atoms with Crippen LogP contribution in [0.1, 0.15) is 29.8 Å². The SMILES string of the molecule is CCNC(=NCC(C)N1CCOCC1)NCCc1cccc(C(=O)NC)c1. The van der Waals surface area contributed by atoms with Gasteiger partial charge < -0.3 is 20.7 Å². The third kappa shape index (κ3) is 7.19. The number of hydrogen-bond donors (Lipinski definition) is 3. The van der Waals surface area contributed by atoms with Crippen LogP contribution in [0, 0.1) is 0 Å². The predicted molar refractivity (Wildman–Crippen MR) is 109 cm³/mol. The lowest BCUT2D eigenvalue weighted by atomic mass is 10.1. The van der Waals surface area contributed by atoms with Gasteiger partial charge in [-0.1, -0.05) is 12.1 Å². The van der Waals surface area contributed by atoms with Crippen molar-refractivity contribution in [2.75, 3.05) is 53.0 Å². The Morgan fingerprint density at radius 1 is 1.30 bits per heavy atom. The monoisotopic (exact) mass is 375 g/mol. The molecule has 1 aliphatic heterocycles. The quantitative estimate of drug-likeness (QED) is 0.464. The Bertz CT molecular complexity index is 614. The summed E-state index contributed by atoms with van der Waals surface area (Å²) in [6.07, 6.45) is 0.828. The van der Waals surface area contributed by atoms with Gasteiger partial charge >= 0.3 is 0 Å². The van der Waals surface area contributed by atoms with Crippen LogP contribution >= 0.6 is 0 Å². The van der Waals surface area contributed by atoms with Crippen LogP contribution in [0.15, 0.2) is 29.3 Å². The van der Waals surface area contributed by atoms with Crippen molar-refractivity contribution in [3.8, 4) is 0 Å². The van der Waals surface area contributed by atoms with Crippen molar-refractivity contribution in [3.63, 3.8) is 0 Å². The zero-order chi connectivity index (χ0) is 19.5. The second kappa shape index (κ2) is 11.6. The molecule has 7 nitrogen and oxygen atoms in total. The van der Waals surface area contributed by atoms with Crippen LogP contribution < -0.4 is 16.0 Å². The number of aliphatic imine (C=N–C) groups is 1. The summed E-state index contributed by atoms with van der Waals surface area (Å²) in [5.74, 6) is 0.775. The first-order valence-electron chi connectivity index (χ1n) is 9.79. The highest BCUT2D eigenvalue weighted by Gasteiger charge is 2.16. The molecule has 1 atom stereocenters. The molecule has 1 aromatic carbocycles. The molecule has 0 saturated carbocycles. The molecule has 0 radical (unpaired) electrons. The second-order valence-corrected chi connectivity index (χ2v) is 6.67. The lowest BCUT2D eigenvalue weighted by Crippen LogP contribution is -2.44. The molecule has 150 valence electrons. The van der Waals surface area contributed by atoms with E-state index in [2.05, 4.69) is 34.7 Å². The maximum Gasteiger partial charge on any atom is 0.251 e. The highest BCUT2D eigenvalue weighted by molar-refractivity contribution is 5.94. The largest absolute Gasteiger partial charge is 0.379 e. The molecule has 1 heterocycles. The van der Waals surface area contributed by atoms with E-state index in [0.717, 1.165) is 63.9 Å². The van der Waals surface area contributed by atoms with Gasteiger partial charge in [0.2, 0.25) is 0 Å². The number of amides is 1. The fourth-order valence-corrected chi connectivity index (χ4v) is 3.04. The molecule has 7 heteroatoms. The number of benzene rings is 1.